The zero-order valence-electron chi connectivity index (χ0n) is 22.7. The lowest BCUT2D eigenvalue weighted by Crippen LogP contribution is -2.61. The van der Waals surface area contributed by atoms with Crippen molar-refractivity contribution < 1.29 is 52.4 Å². The van der Waals surface area contributed by atoms with Crippen molar-refractivity contribution in [1.29, 1.82) is 0 Å². The first-order valence-electron chi connectivity index (χ1n) is 13.6. The molecule has 5 N–H and O–H groups in total. The molecule has 1 fully saturated rings. The third-order valence-electron chi connectivity index (χ3n) is 5.98. The van der Waals surface area contributed by atoms with Gasteiger partial charge < -0.3 is 34.6 Å². The van der Waals surface area contributed by atoms with Crippen molar-refractivity contribution in [3.8, 4) is 0 Å². The molecule has 1 rings (SSSR count). The maximum Gasteiger partial charge on any atom is 0.306 e. The van der Waals surface area contributed by atoms with Crippen LogP contribution in [0.3, 0.4) is 0 Å². The zero-order valence-corrected chi connectivity index (χ0v) is 23.5. The van der Waals surface area contributed by atoms with Gasteiger partial charge in [0.1, 0.15) is 30.2 Å². The Morgan fingerprint density at radius 2 is 1.56 bits per heavy atom. The minimum absolute atomic E-state index is 0.0359. The summed E-state index contributed by atoms with van der Waals surface area (Å²) in [6, 6.07) is 0. The second kappa shape index (κ2) is 20.3. The SMILES string of the molecule is CC/C=C\C/C=C\C/C=C\CCCCCCCC(=O)O[C@@H]1[C@@H](O)[C@@H](OCC(O)CO)O[C@H](CS(=O)(=O)O)[C@H]1O. The fourth-order valence-electron chi connectivity index (χ4n) is 3.88. The van der Waals surface area contributed by atoms with E-state index in [0.29, 0.717) is 6.42 Å². The van der Waals surface area contributed by atoms with Crippen molar-refractivity contribution in [2.24, 2.45) is 0 Å². The van der Waals surface area contributed by atoms with Crippen LogP contribution < -0.4 is 0 Å². The second-order valence-electron chi connectivity index (χ2n) is 9.50. The molecule has 0 radical (unpaired) electrons. The summed E-state index contributed by atoms with van der Waals surface area (Å²) in [6.07, 6.45) is 11.8. The average Bonchev–Trinajstić information content (AvgIpc) is 2.88. The molecular formula is C27H46O11S. The molecular weight excluding hydrogens is 532 g/mol. The molecule has 0 aromatic rings. The fraction of sp³-hybridized carbons (Fsp3) is 0.741. The molecule has 1 unspecified atom stereocenters. The lowest BCUT2D eigenvalue weighted by molar-refractivity contribution is -0.299. The number of hydrogen-bond acceptors (Lipinski definition) is 10. The second-order valence-corrected chi connectivity index (χ2v) is 11.0. The number of rotatable bonds is 20. The van der Waals surface area contributed by atoms with Crippen molar-refractivity contribution in [2.45, 2.75) is 108 Å². The standard InChI is InChI=1S/C27H46O11S/c1-2-3-4-5-6-7-8-9-10-11-12-13-14-15-16-17-23(30)38-26-24(31)22(20-39(33,34)35)37-27(25(26)32)36-19-21(29)18-28/h3-4,6-7,9-10,21-22,24-29,31-32H,2,5,8,11-20H2,1H3,(H,33,34,35)/b4-3-,7-6-,10-9-/t21?,22-,24-,25-,26+,27+/m1/s1. The van der Waals surface area contributed by atoms with Crippen LogP contribution in [-0.2, 0) is 29.1 Å². The van der Waals surface area contributed by atoms with Gasteiger partial charge in [-0.15, -0.1) is 0 Å². The van der Waals surface area contributed by atoms with Crippen LogP contribution in [0.15, 0.2) is 36.5 Å². The average molecular weight is 579 g/mol. The first-order chi connectivity index (χ1) is 18.6. The lowest BCUT2D eigenvalue weighted by Gasteiger charge is -2.41. The highest BCUT2D eigenvalue weighted by atomic mass is 32.2. The Morgan fingerprint density at radius 3 is 2.21 bits per heavy atom. The Bertz CT molecular complexity index is 856. The quantitative estimate of drug-likeness (QED) is 0.0618. The van der Waals surface area contributed by atoms with Crippen LogP contribution in [0.1, 0.15) is 71.1 Å². The van der Waals surface area contributed by atoms with E-state index < -0.39 is 71.9 Å². The van der Waals surface area contributed by atoms with Crippen LogP contribution in [0.5, 0.6) is 0 Å². The van der Waals surface area contributed by atoms with Crippen molar-refractivity contribution in [2.75, 3.05) is 19.0 Å². The Hall–Kier alpha value is -1.64. The van der Waals surface area contributed by atoms with Crippen LogP contribution in [0.4, 0.5) is 0 Å². The molecule has 0 aromatic carbocycles. The summed E-state index contributed by atoms with van der Waals surface area (Å²) in [7, 11) is -4.58. The van der Waals surface area contributed by atoms with E-state index in [4.69, 9.17) is 23.9 Å². The van der Waals surface area contributed by atoms with Crippen LogP contribution in [0.2, 0.25) is 0 Å². The third kappa shape index (κ3) is 16.3. The molecule has 6 atom stereocenters. The van der Waals surface area contributed by atoms with Gasteiger partial charge >= 0.3 is 5.97 Å². The van der Waals surface area contributed by atoms with Gasteiger partial charge in [-0.25, -0.2) is 0 Å². The molecule has 11 nitrogen and oxygen atoms in total. The molecule has 226 valence electrons. The Morgan fingerprint density at radius 1 is 0.949 bits per heavy atom. The molecule has 1 saturated heterocycles. The molecule has 1 heterocycles. The van der Waals surface area contributed by atoms with Crippen molar-refractivity contribution in [3.63, 3.8) is 0 Å². The van der Waals surface area contributed by atoms with Gasteiger partial charge in [0.2, 0.25) is 0 Å². The highest BCUT2D eigenvalue weighted by Crippen LogP contribution is 2.26. The largest absolute Gasteiger partial charge is 0.456 e. The predicted octanol–water partition coefficient (Wildman–Crippen LogP) is 2.19. The van der Waals surface area contributed by atoms with Gasteiger partial charge in [-0.1, -0.05) is 62.6 Å². The molecule has 39 heavy (non-hydrogen) atoms. The van der Waals surface area contributed by atoms with Crippen LogP contribution >= 0.6 is 0 Å². The van der Waals surface area contributed by atoms with Crippen molar-refractivity contribution in [3.05, 3.63) is 36.5 Å². The molecule has 0 spiro atoms. The summed E-state index contributed by atoms with van der Waals surface area (Å²) in [5.41, 5.74) is 0. The summed E-state index contributed by atoms with van der Waals surface area (Å²) in [4.78, 5) is 12.4. The summed E-state index contributed by atoms with van der Waals surface area (Å²) >= 11 is 0. The maximum atomic E-state index is 12.4. The Kier molecular flexibility index (Phi) is 18.4. The lowest BCUT2D eigenvalue weighted by atomic mass is 9.99. The normalized spacial score (nSPS) is 25.1. The van der Waals surface area contributed by atoms with Crippen LogP contribution in [0, 0.1) is 0 Å². The summed E-state index contributed by atoms with van der Waals surface area (Å²) in [5.74, 6) is -1.72. The number of hydrogen-bond donors (Lipinski definition) is 5. The monoisotopic (exact) mass is 578 g/mol. The number of carbonyl (C=O) groups is 1. The molecule has 0 aromatic heterocycles. The Labute approximate surface area is 231 Å². The van der Waals surface area contributed by atoms with E-state index in [9.17, 15) is 28.5 Å². The van der Waals surface area contributed by atoms with E-state index in [1.807, 2.05) is 0 Å². The van der Waals surface area contributed by atoms with Gasteiger partial charge in [0.05, 0.1) is 13.2 Å². The minimum atomic E-state index is -4.58. The maximum absolute atomic E-state index is 12.4. The molecule has 0 bridgehead atoms. The van der Waals surface area contributed by atoms with E-state index in [-0.39, 0.29) is 6.42 Å². The first kappa shape index (κ1) is 35.4. The molecule has 0 aliphatic carbocycles. The van der Waals surface area contributed by atoms with Gasteiger partial charge in [0.25, 0.3) is 10.1 Å². The smallest absolute Gasteiger partial charge is 0.306 e. The predicted molar refractivity (Wildman–Crippen MR) is 145 cm³/mol. The van der Waals surface area contributed by atoms with Gasteiger partial charge in [-0.3, -0.25) is 9.35 Å². The van der Waals surface area contributed by atoms with E-state index in [2.05, 4.69) is 43.4 Å². The van der Waals surface area contributed by atoms with Crippen LogP contribution in [0.25, 0.3) is 0 Å². The number of ether oxygens (including phenoxy) is 3. The van der Waals surface area contributed by atoms with Crippen LogP contribution in [-0.4, -0.2) is 95.1 Å². The highest BCUT2D eigenvalue weighted by Gasteiger charge is 2.48. The van der Waals surface area contributed by atoms with E-state index in [0.717, 1.165) is 51.4 Å². The van der Waals surface area contributed by atoms with Gasteiger partial charge in [-0.2, -0.15) is 8.42 Å². The number of aliphatic hydroxyl groups is 4. The van der Waals surface area contributed by atoms with Crippen molar-refractivity contribution >= 4 is 16.1 Å². The van der Waals surface area contributed by atoms with E-state index >= 15 is 0 Å². The molecule has 1 aliphatic rings. The number of allylic oxidation sites excluding steroid dienone is 6. The third-order valence-corrected chi connectivity index (χ3v) is 6.73. The Balaban J connectivity index is 2.38. The van der Waals surface area contributed by atoms with Gasteiger partial charge in [-0.05, 0) is 38.5 Å². The summed E-state index contributed by atoms with van der Waals surface area (Å²) in [6.45, 7) is 1.00. The number of carbonyl (C=O) groups excluding carboxylic acids is 1. The number of aliphatic hydroxyl groups excluding tert-OH is 4. The highest BCUT2D eigenvalue weighted by molar-refractivity contribution is 7.85. The van der Waals surface area contributed by atoms with Crippen molar-refractivity contribution in [1.82, 2.24) is 0 Å². The number of unbranched alkanes of at least 4 members (excludes halogenated alkanes) is 5. The topological polar surface area (TPSA) is 180 Å². The fourth-order valence-corrected chi connectivity index (χ4v) is 4.57. The molecule has 12 heteroatoms. The first-order valence-corrected chi connectivity index (χ1v) is 15.2. The minimum Gasteiger partial charge on any atom is -0.456 e. The van der Waals surface area contributed by atoms with E-state index in [1.165, 1.54) is 0 Å². The summed E-state index contributed by atoms with van der Waals surface area (Å²) < 4.78 is 47.4. The number of esters is 1. The van der Waals surface area contributed by atoms with Gasteiger partial charge in [0, 0.05) is 6.42 Å². The van der Waals surface area contributed by atoms with Gasteiger partial charge in [0.15, 0.2) is 12.4 Å². The molecule has 0 amide bonds. The zero-order chi connectivity index (χ0) is 29.1. The molecule has 0 saturated carbocycles. The van der Waals surface area contributed by atoms with E-state index in [1.54, 1.807) is 0 Å². The summed E-state index contributed by atoms with van der Waals surface area (Å²) in [5, 5.41) is 39.3. The molecule has 1 aliphatic heterocycles.